The first-order valence-corrected chi connectivity index (χ1v) is 11.3. The maximum absolute atomic E-state index is 11.9. The van der Waals surface area contributed by atoms with E-state index in [-0.39, 0.29) is 11.8 Å². The average molecular weight is 388 g/mol. The van der Waals surface area contributed by atoms with Crippen LogP contribution >= 0.6 is 11.3 Å². The van der Waals surface area contributed by atoms with Gasteiger partial charge in [-0.05, 0) is 30.0 Å². The molecule has 5 nitrogen and oxygen atoms in total. The van der Waals surface area contributed by atoms with E-state index in [9.17, 15) is 8.42 Å². The van der Waals surface area contributed by atoms with Crippen molar-refractivity contribution in [2.45, 2.75) is 25.6 Å². The Balaban J connectivity index is 1.54. The predicted octanol–water partition coefficient (Wildman–Crippen LogP) is 3.12. The van der Waals surface area contributed by atoms with E-state index in [1.165, 1.54) is 4.88 Å². The number of hydrogen-bond donors (Lipinski definition) is 0. The van der Waals surface area contributed by atoms with Crippen molar-refractivity contribution in [3.63, 3.8) is 0 Å². The molecule has 0 bridgehead atoms. The number of hydrogen-bond acceptors (Lipinski definition) is 5. The second-order valence-corrected chi connectivity index (χ2v) is 9.93. The van der Waals surface area contributed by atoms with E-state index in [0.29, 0.717) is 18.7 Å². The Kier molecular flexibility index (Phi) is 4.93. The molecule has 1 unspecified atom stereocenters. The highest BCUT2D eigenvalue weighted by atomic mass is 32.2. The molecule has 1 fully saturated rings. The van der Waals surface area contributed by atoms with Gasteiger partial charge in [-0.2, -0.15) is 5.10 Å². The Morgan fingerprint density at radius 3 is 2.69 bits per heavy atom. The maximum Gasteiger partial charge on any atom is 0.151 e. The molecule has 0 amide bonds. The van der Waals surface area contributed by atoms with Gasteiger partial charge in [0.05, 0.1) is 23.4 Å². The zero-order valence-corrected chi connectivity index (χ0v) is 16.0. The summed E-state index contributed by atoms with van der Waals surface area (Å²) in [6.07, 6.45) is 4.61. The summed E-state index contributed by atoms with van der Waals surface area (Å²) in [6, 6.07) is 14.2. The molecule has 0 aliphatic carbocycles. The van der Waals surface area contributed by atoms with Gasteiger partial charge in [-0.15, -0.1) is 11.3 Å². The second-order valence-electron chi connectivity index (χ2n) is 6.67. The van der Waals surface area contributed by atoms with E-state index >= 15 is 0 Å². The summed E-state index contributed by atoms with van der Waals surface area (Å²) < 4.78 is 25.8. The van der Waals surface area contributed by atoms with Crippen molar-refractivity contribution in [2.24, 2.45) is 0 Å². The van der Waals surface area contributed by atoms with E-state index in [4.69, 9.17) is 0 Å². The van der Waals surface area contributed by atoms with E-state index in [1.54, 1.807) is 11.3 Å². The summed E-state index contributed by atoms with van der Waals surface area (Å²) in [4.78, 5) is 3.53. The highest BCUT2D eigenvalue weighted by Gasteiger charge is 2.32. The fourth-order valence-corrected chi connectivity index (χ4v) is 5.87. The Morgan fingerprint density at radius 1 is 1.15 bits per heavy atom. The van der Waals surface area contributed by atoms with Crippen LogP contribution in [0.1, 0.15) is 16.9 Å². The largest absolute Gasteiger partial charge is 0.290 e. The minimum absolute atomic E-state index is 0.0715. The van der Waals surface area contributed by atoms with Gasteiger partial charge in [-0.25, -0.2) is 13.1 Å². The van der Waals surface area contributed by atoms with Crippen LogP contribution in [0.4, 0.5) is 0 Å². The van der Waals surface area contributed by atoms with Crippen LogP contribution in [0, 0.1) is 0 Å². The Hall–Kier alpha value is -1.96. The summed E-state index contributed by atoms with van der Waals surface area (Å²) in [5.41, 5.74) is 2.11. The van der Waals surface area contributed by atoms with Gasteiger partial charge in [0.2, 0.25) is 0 Å². The van der Waals surface area contributed by atoms with Crippen molar-refractivity contribution >= 4 is 21.2 Å². The first-order chi connectivity index (χ1) is 12.6. The second kappa shape index (κ2) is 7.34. The molecule has 1 atom stereocenters. The molecule has 0 saturated carbocycles. The monoisotopic (exact) mass is 387 g/mol. The summed E-state index contributed by atoms with van der Waals surface area (Å²) in [6.45, 7) is 1.47. The van der Waals surface area contributed by atoms with Gasteiger partial charge < -0.3 is 0 Å². The number of rotatable bonds is 6. The molecule has 0 radical (unpaired) electrons. The summed E-state index contributed by atoms with van der Waals surface area (Å²) in [7, 11) is -2.91. The highest BCUT2D eigenvalue weighted by molar-refractivity contribution is 7.91. The molecule has 1 aliphatic heterocycles. The lowest BCUT2D eigenvalue weighted by molar-refractivity contribution is 0.196. The van der Waals surface area contributed by atoms with Crippen molar-refractivity contribution in [1.29, 1.82) is 0 Å². The summed E-state index contributed by atoms with van der Waals surface area (Å²) in [5.74, 6) is 0.549. The number of nitrogens with zero attached hydrogens (tertiary/aromatic N) is 3. The lowest BCUT2D eigenvalue weighted by Crippen LogP contribution is -2.35. The highest BCUT2D eigenvalue weighted by Crippen LogP contribution is 2.24. The Labute approximate surface area is 157 Å². The number of benzene rings is 1. The smallest absolute Gasteiger partial charge is 0.151 e. The van der Waals surface area contributed by atoms with E-state index in [2.05, 4.69) is 21.4 Å². The van der Waals surface area contributed by atoms with Gasteiger partial charge in [0.1, 0.15) is 0 Å². The average Bonchev–Trinajstić information content (AvgIpc) is 3.36. The quantitative estimate of drug-likeness (QED) is 0.652. The molecule has 4 rings (SSSR count). The van der Waals surface area contributed by atoms with Crippen LogP contribution in [0.3, 0.4) is 0 Å². The summed E-state index contributed by atoms with van der Waals surface area (Å²) in [5, 5.41) is 6.53. The van der Waals surface area contributed by atoms with Crippen molar-refractivity contribution in [2.75, 3.05) is 11.5 Å². The van der Waals surface area contributed by atoms with Crippen molar-refractivity contribution < 1.29 is 8.42 Å². The van der Waals surface area contributed by atoms with Gasteiger partial charge in [-0.3, -0.25) is 4.90 Å². The van der Waals surface area contributed by atoms with E-state index < -0.39 is 9.84 Å². The van der Waals surface area contributed by atoms with E-state index in [1.807, 2.05) is 53.5 Å². The van der Waals surface area contributed by atoms with Gasteiger partial charge in [0.25, 0.3) is 0 Å². The fraction of sp³-hybridized carbons (Fsp3) is 0.316. The number of aromatic nitrogens is 2. The molecule has 0 N–H and O–H groups in total. The molecule has 1 saturated heterocycles. The number of para-hydroxylation sites is 1. The summed E-state index contributed by atoms with van der Waals surface area (Å²) >= 11 is 1.71. The molecule has 1 aromatic carbocycles. The molecule has 1 aliphatic rings. The van der Waals surface area contributed by atoms with Gasteiger partial charge in [0, 0.05) is 35.8 Å². The molecular weight excluding hydrogens is 366 g/mol. The van der Waals surface area contributed by atoms with Gasteiger partial charge >= 0.3 is 0 Å². The maximum atomic E-state index is 11.9. The normalized spacial score (nSPS) is 19.2. The van der Waals surface area contributed by atoms with Crippen LogP contribution in [0.2, 0.25) is 0 Å². The Bertz CT molecular complexity index is 950. The van der Waals surface area contributed by atoms with Crippen molar-refractivity contribution in [1.82, 2.24) is 14.7 Å². The van der Waals surface area contributed by atoms with Crippen molar-refractivity contribution in [3.8, 4) is 5.69 Å². The number of thiophene rings is 1. The third kappa shape index (κ3) is 4.06. The fourth-order valence-electron chi connectivity index (χ4n) is 3.38. The number of sulfone groups is 1. The van der Waals surface area contributed by atoms with E-state index in [0.717, 1.165) is 17.8 Å². The standard InChI is InChI=1S/C19H21N3O2S2/c23-26(24)10-8-18(15-26)21(14-19-7-4-9-25-19)12-16-11-20-22(13-16)17-5-2-1-3-6-17/h1-7,9,11,13,18H,8,10,12,14-15H2. The predicted molar refractivity (Wildman–Crippen MR) is 104 cm³/mol. The third-order valence-electron chi connectivity index (χ3n) is 4.71. The minimum Gasteiger partial charge on any atom is -0.290 e. The molecule has 7 heteroatoms. The first kappa shape index (κ1) is 17.5. The van der Waals surface area contributed by atoms with Gasteiger partial charge in [-0.1, -0.05) is 24.3 Å². The lowest BCUT2D eigenvalue weighted by Gasteiger charge is -2.27. The molecule has 2 aromatic heterocycles. The van der Waals surface area contributed by atoms with Crippen LogP contribution in [0.25, 0.3) is 5.69 Å². The van der Waals surface area contributed by atoms with Crippen LogP contribution in [0.15, 0.2) is 60.2 Å². The van der Waals surface area contributed by atoms with Crippen molar-refractivity contribution in [3.05, 3.63) is 70.7 Å². The molecular formula is C19H21N3O2S2. The minimum atomic E-state index is -2.91. The van der Waals surface area contributed by atoms with Crippen LogP contribution in [-0.2, 0) is 22.9 Å². The molecule has 136 valence electrons. The SMILES string of the molecule is O=S1(=O)CCC(N(Cc2cnn(-c3ccccc3)c2)Cc2cccs2)C1. The zero-order chi connectivity index (χ0) is 18.0. The first-order valence-electron chi connectivity index (χ1n) is 8.65. The molecule has 26 heavy (non-hydrogen) atoms. The van der Waals surface area contributed by atoms with Crippen LogP contribution < -0.4 is 0 Å². The third-order valence-corrected chi connectivity index (χ3v) is 7.32. The van der Waals surface area contributed by atoms with Crippen LogP contribution in [-0.4, -0.2) is 40.6 Å². The zero-order valence-electron chi connectivity index (χ0n) is 14.4. The molecule has 3 heterocycles. The van der Waals surface area contributed by atoms with Crippen LogP contribution in [0.5, 0.6) is 0 Å². The lowest BCUT2D eigenvalue weighted by atomic mass is 10.2. The molecule has 3 aromatic rings. The Morgan fingerprint density at radius 2 is 2.00 bits per heavy atom. The topological polar surface area (TPSA) is 55.2 Å². The van der Waals surface area contributed by atoms with Gasteiger partial charge in [0.15, 0.2) is 9.84 Å². The molecule has 0 spiro atoms.